The molecule has 2 aliphatic heterocycles. The molecule has 0 saturated carbocycles. The molecule has 0 aliphatic carbocycles. The summed E-state index contributed by atoms with van der Waals surface area (Å²) >= 11 is 0. The molecule has 6 heterocycles. The molecule has 0 bridgehead atoms. The number of aromatic nitrogens is 8. The normalized spacial score (nSPS) is 15.5. The zero-order valence-corrected chi connectivity index (χ0v) is 32.5. The van der Waals surface area contributed by atoms with Gasteiger partial charge < -0.3 is 35.4 Å². The molecule has 1 spiro atoms. The van der Waals surface area contributed by atoms with E-state index in [0.717, 1.165) is 0 Å². The second-order valence-electron chi connectivity index (χ2n) is 14.5. The van der Waals surface area contributed by atoms with Gasteiger partial charge in [0, 0.05) is 50.4 Å². The molecule has 19 heteroatoms. The summed E-state index contributed by atoms with van der Waals surface area (Å²) in [5.74, 6) is -1.10. The average Bonchev–Trinajstić information content (AvgIpc) is 3.94. The summed E-state index contributed by atoms with van der Waals surface area (Å²) in [4.78, 5) is 62.1. The number of aryl methyl sites for hydroxylation is 4. The number of nitrogens with two attached hydrogens (primary N) is 2. The lowest BCUT2D eigenvalue weighted by Crippen LogP contribution is -2.59. The van der Waals surface area contributed by atoms with Gasteiger partial charge in [-0.25, -0.2) is 9.97 Å². The molecule has 4 amide bonds. The maximum absolute atomic E-state index is 13.7. The lowest BCUT2D eigenvalue weighted by Gasteiger charge is -2.41. The topological polar surface area (TPSA) is 246 Å². The summed E-state index contributed by atoms with van der Waals surface area (Å²) < 4.78 is 19.9. The van der Waals surface area contributed by atoms with Crippen molar-refractivity contribution in [1.29, 1.82) is 0 Å². The smallest absolute Gasteiger partial charge is 0.276 e. The maximum Gasteiger partial charge on any atom is 0.276 e. The van der Waals surface area contributed by atoms with Crippen molar-refractivity contribution in [3.63, 3.8) is 0 Å². The first kappa shape index (κ1) is 37.9. The Morgan fingerprint density at radius 3 is 1.50 bits per heavy atom. The minimum atomic E-state index is -0.672. The van der Waals surface area contributed by atoms with Gasteiger partial charge in [-0.3, -0.25) is 39.2 Å². The van der Waals surface area contributed by atoms with Crippen molar-refractivity contribution in [2.45, 2.75) is 53.9 Å². The van der Waals surface area contributed by atoms with Gasteiger partial charge in [-0.2, -0.15) is 10.2 Å². The Morgan fingerprint density at radius 2 is 1.14 bits per heavy atom. The van der Waals surface area contributed by atoms with E-state index in [1.54, 1.807) is 54.9 Å². The SMILES string of the molecule is CCn1nc(C)cc1C(=O)Nc1nc2cc(C(N)=O)cc3c2n1C/C=C/Cn1c(NC(=O)c2cc(C)nn2CC)nc2cc(C(N)=O)cc(c21)OCC1(CNC1)CO3. The summed E-state index contributed by atoms with van der Waals surface area (Å²) in [5, 5.41) is 18.0. The van der Waals surface area contributed by atoms with Crippen LogP contribution in [0, 0.1) is 19.3 Å². The van der Waals surface area contributed by atoms with Crippen LogP contribution in [0.1, 0.15) is 66.9 Å². The van der Waals surface area contributed by atoms with E-state index in [1.165, 1.54) is 0 Å². The molecule has 8 rings (SSSR count). The molecule has 1 fully saturated rings. The maximum atomic E-state index is 13.7. The summed E-state index contributed by atoms with van der Waals surface area (Å²) in [6.07, 6.45) is 3.73. The number of nitrogens with zero attached hydrogens (tertiary/aromatic N) is 8. The number of carbonyl (C=O) groups excluding carboxylic acids is 4. The molecular weight excluding hydrogens is 747 g/mol. The number of hydrogen-bond acceptors (Lipinski definition) is 11. The van der Waals surface area contributed by atoms with Gasteiger partial charge in [0.2, 0.25) is 23.7 Å². The number of amides is 4. The highest BCUT2D eigenvalue weighted by Crippen LogP contribution is 2.36. The Bertz CT molecular complexity index is 2500. The number of anilines is 2. The molecule has 300 valence electrons. The largest absolute Gasteiger partial charge is 0.490 e. The van der Waals surface area contributed by atoms with Gasteiger partial charge in [0.15, 0.2) is 0 Å². The van der Waals surface area contributed by atoms with Crippen LogP contribution in [0.4, 0.5) is 11.9 Å². The summed E-state index contributed by atoms with van der Waals surface area (Å²) in [6, 6.07) is 9.68. The molecule has 19 nitrogen and oxygen atoms in total. The number of hydrogen-bond donors (Lipinski definition) is 5. The highest BCUT2D eigenvalue weighted by Gasteiger charge is 2.40. The molecule has 0 radical (unpaired) electrons. The number of carbonyl (C=O) groups is 4. The van der Waals surface area contributed by atoms with Crippen LogP contribution in [0.3, 0.4) is 0 Å². The first-order valence-corrected chi connectivity index (χ1v) is 18.9. The van der Waals surface area contributed by atoms with E-state index in [1.807, 2.05) is 39.8 Å². The van der Waals surface area contributed by atoms with Crippen molar-refractivity contribution in [3.05, 3.63) is 82.5 Å². The van der Waals surface area contributed by atoms with E-state index >= 15 is 0 Å². The van der Waals surface area contributed by atoms with Crippen molar-refractivity contribution in [1.82, 2.24) is 44.0 Å². The zero-order chi connectivity index (χ0) is 40.9. The number of allylic oxidation sites excluding steroid dienone is 2. The third-order valence-corrected chi connectivity index (χ3v) is 10.3. The summed E-state index contributed by atoms with van der Waals surface area (Å²) in [7, 11) is 0. The number of benzene rings is 2. The molecule has 6 aromatic rings. The number of ether oxygens (including phenoxy) is 2. The minimum Gasteiger partial charge on any atom is -0.490 e. The van der Waals surface area contributed by atoms with Crippen molar-refractivity contribution in [3.8, 4) is 11.5 Å². The predicted octanol–water partition coefficient (Wildman–Crippen LogP) is 2.76. The van der Waals surface area contributed by atoms with Crippen LogP contribution in [-0.2, 0) is 26.2 Å². The second kappa shape index (κ2) is 14.8. The molecule has 0 unspecified atom stereocenters. The van der Waals surface area contributed by atoms with E-state index in [4.69, 9.17) is 30.9 Å². The van der Waals surface area contributed by atoms with E-state index in [0.29, 0.717) is 82.5 Å². The average molecular weight is 790 g/mol. The Balaban J connectivity index is 1.26. The Hall–Kier alpha value is -7.02. The van der Waals surface area contributed by atoms with Gasteiger partial charge in [0.1, 0.15) is 33.9 Å². The number of primary amides is 2. The molecule has 1 saturated heterocycles. The fourth-order valence-corrected chi connectivity index (χ4v) is 7.33. The number of rotatable bonds is 8. The lowest BCUT2D eigenvalue weighted by atomic mass is 9.83. The van der Waals surface area contributed by atoms with Crippen molar-refractivity contribution in [2.24, 2.45) is 16.9 Å². The van der Waals surface area contributed by atoms with Crippen molar-refractivity contribution < 1.29 is 28.7 Å². The predicted molar refractivity (Wildman–Crippen MR) is 213 cm³/mol. The van der Waals surface area contributed by atoms with Crippen LogP contribution in [0.5, 0.6) is 11.5 Å². The molecular formula is C39H43N13O6. The van der Waals surface area contributed by atoms with E-state index < -0.39 is 29.0 Å². The Kier molecular flexibility index (Phi) is 9.67. The minimum absolute atomic E-state index is 0.152. The van der Waals surface area contributed by atoms with Gasteiger partial charge in [-0.05, 0) is 64.1 Å². The van der Waals surface area contributed by atoms with Gasteiger partial charge in [-0.1, -0.05) is 12.2 Å². The van der Waals surface area contributed by atoms with E-state index in [2.05, 4.69) is 26.1 Å². The quantitative estimate of drug-likeness (QED) is 0.140. The zero-order valence-electron chi connectivity index (χ0n) is 32.5. The molecule has 2 aromatic carbocycles. The second-order valence-corrected chi connectivity index (χ2v) is 14.5. The monoisotopic (exact) mass is 789 g/mol. The molecule has 4 aromatic heterocycles. The number of imidazole rings is 2. The highest BCUT2D eigenvalue weighted by molar-refractivity contribution is 6.05. The van der Waals surface area contributed by atoms with Crippen LogP contribution in [0.25, 0.3) is 22.1 Å². The fourth-order valence-electron chi connectivity index (χ4n) is 7.33. The van der Waals surface area contributed by atoms with Gasteiger partial charge in [-0.15, -0.1) is 0 Å². The standard InChI is InChI=1S/C39H43N13O6/c1-5-51-27(11-21(3)47-51)35(55)45-37-43-25-13-23(33(40)53)15-29-31(25)49(37)9-7-8-10-50-32-26(44-38(50)46-36(56)28-12-22(4)48-52(28)6-2)14-24(34(41)54)16-30(32)58-20-39(19-57-29)17-42-18-39/h7-8,11-16,42H,5-6,9-10,17-20H2,1-4H3,(H2,40,53)(H2,41,54)(H,43,45,55)(H,44,46,56)/b8-7+. The van der Waals surface area contributed by atoms with E-state index in [-0.39, 0.29) is 49.3 Å². The van der Waals surface area contributed by atoms with Crippen LogP contribution in [0.15, 0.2) is 48.6 Å². The Labute approximate surface area is 331 Å². The van der Waals surface area contributed by atoms with Gasteiger partial charge >= 0.3 is 0 Å². The van der Waals surface area contributed by atoms with Gasteiger partial charge in [0.25, 0.3) is 11.8 Å². The van der Waals surface area contributed by atoms with Gasteiger partial charge in [0.05, 0.1) is 41.1 Å². The number of nitrogens with one attached hydrogen (secondary N) is 3. The molecule has 2 aliphatic rings. The molecule has 58 heavy (non-hydrogen) atoms. The van der Waals surface area contributed by atoms with Crippen LogP contribution < -0.4 is 36.9 Å². The van der Waals surface area contributed by atoms with Crippen LogP contribution in [-0.4, -0.2) is 88.6 Å². The fraction of sp³-hybridized carbons (Fsp3) is 0.333. The third kappa shape index (κ3) is 6.88. The first-order chi connectivity index (χ1) is 27.9. The van der Waals surface area contributed by atoms with E-state index in [9.17, 15) is 19.2 Å². The van der Waals surface area contributed by atoms with Crippen LogP contribution in [0.2, 0.25) is 0 Å². The highest BCUT2D eigenvalue weighted by atomic mass is 16.5. The first-order valence-electron chi connectivity index (χ1n) is 18.9. The molecule has 7 N–H and O–H groups in total. The molecule has 0 atom stereocenters. The van der Waals surface area contributed by atoms with Crippen molar-refractivity contribution in [2.75, 3.05) is 36.9 Å². The third-order valence-electron chi connectivity index (χ3n) is 10.3. The van der Waals surface area contributed by atoms with Crippen molar-refractivity contribution >= 4 is 57.6 Å². The Morgan fingerprint density at radius 1 is 0.707 bits per heavy atom. The lowest BCUT2D eigenvalue weighted by molar-refractivity contribution is 0.0321. The summed E-state index contributed by atoms with van der Waals surface area (Å²) in [5.41, 5.74) is 15.3. The summed E-state index contributed by atoms with van der Waals surface area (Å²) in [6.45, 7) is 10.1. The van der Waals surface area contributed by atoms with Crippen LogP contribution >= 0.6 is 0 Å².